The van der Waals surface area contributed by atoms with Gasteiger partial charge in [0, 0.05) is 19.0 Å². The second-order valence-corrected chi connectivity index (χ2v) is 7.59. The van der Waals surface area contributed by atoms with Gasteiger partial charge in [-0.2, -0.15) is 0 Å². The Morgan fingerprint density at radius 1 is 1.38 bits per heavy atom. The summed E-state index contributed by atoms with van der Waals surface area (Å²) >= 11 is 12.1. The van der Waals surface area contributed by atoms with Gasteiger partial charge in [-0.3, -0.25) is 24.6 Å². The number of carbonyl (C=O) groups is 2. The predicted octanol–water partition coefficient (Wildman–Crippen LogP) is 4.09. The number of hydrogen-bond acceptors (Lipinski definition) is 6. The number of thiocarbonyl (C=S) groups is 1. The highest BCUT2D eigenvalue weighted by molar-refractivity contribution is 8.26. The number of thioether (sulfide) groups is 1. The fraction of sp³-hybridized carbons (Fsp3) is 0.312. The number of amides is 1. The highest BCUT2D eigenvalue weighted by atomic mass is 35.5. The van der Waals surface area contributed by atoms with Crippen molar-refractivity contribution < 1.29 is 19.6 Å². The minimum atomic E-state index is -0.837. The van der Waals surface area contributed by atoms with Gasteiger partial charge in [-0.25, -0.2) is 0 Å². The molecule has 1 saturated heterocycles. The molecule has 1 fully saturated rings. The van der Waals surface area contributed by atoms with Crippen LogP contribution in [-0.4, -0.2) is 37.7 Å². The summed E-state index contributed by atoms with van der Waals surface area (Å²) in [5, 5.41) is 19.6. The maximum Gasteiger partial charge on any atom is 0.303 e. The first-order valence-corrected chi connectivity index (χ1v) is 9.31. The second kappa shape index (κ2) is 9.11. The van der Waals surface area contributed by atoms with Gasteiger partial charge >= 0.3 is 5.97 Å². The van der Waals surface area contributed by atoms with Crippen LogP contribution in [-0.2, 0) is 9.59 Å². The second-order valence-electron chi connectivity index (χ2n) is 5.51. The Morgan fingerprint density at radius 2 is 2.12 bits per heavy atom. The Hall–Kier alpha value is -1.97. The van der Waals surface area contributed by atoms with Crippen LogP contribution in [0.2, 0.25) is 5.02 Å². The molecule has 0 radical (unpaired) electrons. The van der Waals surface area contributed by atoms with Crippen molar-refractivity contribution in [1.29, 1.82) is 0 Å². The van der Waals surface area contributed by atoms with E-state index in [-0.39, 0.29) is 23.0 Å². The molecule has 138 valence electrons. The van der Waals surface area contributed by atoms with Gasteiger partial charge in [-0.05, 0) is 30.5 Å². The number of aliphatic carboxylic acids is 1. The van der Waals surface area contributed by atoms with E-state index in [4.69, 9.17) is 28.9 Å². The van der Waals surface area contributed by atoms with E-state index in [1.807, 2.05) is 0 Å². The number of carboxylic acids is 1. The van der Waals surface area contributed by atoms with Crippen LogP contribution in [0.3, 0.4) is 0 Å². The normalized spacial score (nSPS) is 15.7. The van der Waals surface area contributed by atoms with E-state index in [0.29, 0.717) is 40.6 Å². The van der Waals surface area contributed by atoms with E-state index >= 15 is 0 Å². The lowest BCUT2D eigenvalue weighted by Gasteiger charge is -2.13. The molecule has 1 aliphatic rings. The van der Waals surface area contributed by atoms with Crippen molar-refractivity contribution in [1.82, 2.24) is 4.90 Å². The van der Waals surface area contributed by atoms with Crippen LogP contribution in [0.1, 0.15) is 31.2 Å². The van der Waals surface area contributed by atoms with E-state index < -0.39 is 10.9 Å². The van der Waals surface area contributed by atoms with Gasteiger partial charge in [-0.15, -0.1) is 0 Å². The summed E-state index contributed by atoms with van der Waals surface area (Å²) in [7, 11) is 0. The molecular weight excluding hydrogens is 400 g/mol. The first-order valence-electron chi connectivity index (χ1n) is 7.70. The molecule has 1 aromatic rings. The van der Waals surface area contributed by atoms with E-state index in [0.717, 1.165) is 11.8 Å². The summed E-state index contributed by atoms with van der Waals surface area (Å²) in [6.07, 6.45) is 3.54. The fourth-order valence-electron chi connectivity index (χ4n) is 2.33. The predicted molar refractivity (Wildman–Crippen MR) is 104 cm³/mol. The highest BCUT2D eigenvalue weighted by Crippen LogP contribution is 2.34. The summed E-state index contributed by atoms with van der Waals surface area (Å²) < 4.78 is 0.419. The monoisotopic (exact) mass is 414 g/mol. The average Bonchev–Trinajstić information content (AvgIpc) is 2.83. The van der Waals surface area contributed by atoms with Crippen molar-refractivity contribution in [2.45, 2.75) is 25.7 Å². The maximum absolute atomic E-state index is 12.5. The third kappa shape index (κ3) is 5.26. The van der Waals surface area contributed by atoms with Crippen molar-refractivity contribution in [3.8, 4) is 0 Å². The number of benzene rings is 1. The number of halogens is 1. The summed E-state index contributed by atoms with van der Waals surface area (Å²) in [6.45, 7) is 0.419. The van der Waals surface area contributed by atoms with Gasteiger partial charge in [-0.1, -0.05) is 48.1 Å². The maximum atomic E-state index is 12.5. The molecular formula is C16H15ClN2O5S2. The quantitative estimate of drug-likeness (QED) is 0.225. The Bertz CT molecular complexity index is 797. The van der Waals surface area contributed by atoms with Crippen molar-refractivity contribution in [2.24, 2.45) is 0 Å². The van der Waals surface area contributed by atoms with Crippen LogP contribution in [0.25, 0.3) is 6.08 Å². The van der Waals surface area contributed by atoms with Crippen LogP contribution >= 0.6 is 35.6 Å². The lowest BCUT2D eigenvalue weighted by Crippen LogP contribution is -2.29. The van der Waals surface area contributed by atoms with Gasteiger partial charge in [0.1, 0.15) is 9.34 Å². The molecule has 0 unspecified atom stereocenters. The molecule has 1 aromatic carbocycles. The standard InChI is InChI=1S/C16H15ClN2O5S2/c17-11-6-5-10(8-12(11)19(23)24)9-13-15(22)18(16(25)26-13)7-3-1-2-4-14(20)21/h5-6,8-9H,1-4,7H2,(H,20,21)/b13-9+. The van der Waals surface area contributed by atoms with Crippen molar-refractivity contribution >= 4 is 63.5 Å². The molecule has 0 bridgehead atoms. The van der Waals surface area contributed by atoms with Crippen molar-refractivity contribution in [3.63, 3.8) is 0 Å². The zero-order valence-electron chi connectivity index (χ0n) is 13.5. The molecule has 0 atom stereocenters. The van der Waals surface area contributed by atoms with Gasteiger partial charge in [0.2, 0.25) is 0 Å². The molecule has 26 heavy (non-hydrogen) atoms. The zero-order valence-corrected chi connectivity index (χ0v) is 15.9. The number of carbonyl (C=O) groups excluding carboxylic acids is 1. The number of nitro groups is 1. The number of nitrogens with zero attached hydrogens (tertiary/aromatic N) is 2. The fourth-order valence-corrected chi connectivity index (χ4v) is 3.82. The molecule has 10 heteroatoms. The van der Waals surface area contributed by atoms with Crippen LogP contribution < -0.4 is 0 Å². The van der Waals surface area contributed by atoms with Crippen LogP contribution in [0.5, 0.6) is 0 Å². The van der Waals surface area contributed by atoms with Gasteiger partial charge in [0.25, 0.3) is 11.6 Å². The largest absolute Gasteiger partial charge is 0.481 e. The van der Waals surface area contributed by atoms with Crippen molar-refractivity contribution in [3.05, 3.63) is 43.8 Å². The number of rotatable bonds is 8. The summed E-state index contributed by atoms with van der Waals surface area (Å²) in [6, 6.07) is 4.31. The lowest BCUT2D eigenvalue weighted by molar-refractivity contribution is -0.384. The van der Waals surface area contributed by atoms with Crippen LogP contribution in [0.15, 0.2) is 23.1 Å². The molecule has 0 spiro atoms. The molecule has 0 aliphatic carbocycles. The Balaban J connectivity index is 2.03. The first-order chi connectivity index (χ1) is 12.3. The van der Waals surface area contributed by atoms with Crippen molar-refractivity contribution in [2.75, 3.05) is 6.54 Å². The molecule has 1 heterocycles. The SMILES string of the molecule is O=C(O)CCCCCN1C(=O)/C(=C\c2ccc(Cl)c([N+](=O)[O-])c2)SC1=S. The molecule has 0 saturated carbocycles. The molecule has 1 amide bonds. The smallest absolute Gasteiger partial charge is 0.303 e. The minimum Gasteiger partial charge on any atom is -0.481 e. The number of hydrogen-bond donors (Lipinski definition) is 1. The molecule has 2 rings (SSSR count). The molecule has 7 nitrogen and oxygen atoms in total. The zero-order chi connectivity index (χ0) is 19.3. The highest BCUT2D eigenvalue weighted by Gasteiger charge is 2.31. The van der Waals surface area contributed by atoms with E-state index in [2.05, 4.69) is 0 Å². The third-order valence-corrected chi connectivity index (χ3v) is 5.31. The van der Waals surface area contributed by atoms with E-state index in [1.54, 1.807) is 12.1 Å². The summed E-state index contributed by atoms with van der Waals surface area (Å²) in [5.41, 5.74) is 0.261. The molecule has 1 aliphatic heterocycles. The molecule has 1 N–H and O–H groups in total. The van der Waals surface area contributed by atoms with Gasteiger partial charge in [0.05, 0.1) is 9.83 Å². The van der Waals surface area contributed by atoms with E-state index in [9.17, 15) is 19.7 Å². The summed E-state index contributed by atoms with van der Waals surface area (Å²) in [5.74, 6) is -1.09. The Labute approximate surface area is 164 Å². The number of nitro benzene ring substituents is 1. The van der Waals surface area contributed by atoms with Gasteiger partial charge < -0.3 is 5.11 Å². The summed E-state index contributed by atoms with van der Waals surface area (Å²) in [4.78, 5) is 35.2. The number of unbranched alkanes of at least 4 members (excludes halogenated alkanes) is 2. The topological polar surface area (TPSA) is 101 Å². The average molecular weight is 415 g/mol. The van der Waals surface area contributed by atoms with E-state index in [1.165, 1.54) is 17.0 Å². The Morgan fingerprint density at radius 3 is 2.77 bits per heavy atom. The first kappa shape index (κ1) is 20.3. The Kier molecular flexibility index (Phi) is 7.13. The minimum absolute atomic E-state index is 0.0288. The van der Waals surface area contributed by atoms with Crippen LogP contribution in [0.4, 0.5) is 5.69 Å². The lowest BCUT2D eigenvalue weighted by atomic mass is 10.1. The van der Waals surface area contributed by atoms with Gasteiger partial charge in [0.15, 0.2) is 0 Å². The molecule has 0 aromatic heterocycles. The third-order valence-electron chi connectivity index (χ3n) is 3.61. The number of carboxylic acid groups (broad SMARTS) is 1. The van der Waals surface area contributed by atoms with Crippen LogP contribution in [0, 0.1) is 10.1 Å².